The van der Waals surface area contributed by atoms with Gasteiger partial charge in [-0.2, -0.15) is 0 Å². The van der Waals surface area contributed by atoms with Gasteiger partial charge in [-0.1, -0.05) is 6.42 Å². The number of nitrogens with one attached hydrogen (secondary N) is 1. The Balaban J connectivity index is 1.98. The van der Waals surface area contributed by atoms with Crippen LogP contribution in [0.15, 0.2) is 0 Å². The second-order valence-electron chi connectivity index (χ2n) is 3.46. The minimum absolute atomic E-state index is 0.0694. The Bertz CT molecular complexity index is 119. The lowest BCUT2D eigenvalue weighted by molar-refractivity contribution is 0.129. The molecule has 0 spiro atoms. The van der Waals surface area contributed by atoms with Gasteiger partial charge in [-0.15, -0.1) is 0 Å². The van der Waals surface area contributed by atoms with Crippen molar-refractivity contribution < 1.29 is 9.84 Å². The van der Waals surface area contributed by atoms with Crippen LogP contribution >= 0.6 is 0 Å². The molecule has 0 aliphatic heterocycles. The van der Waals surface area contributed by atoms with Gasteiger partial charge in [0, 0.05) is 20.2 Å². The van der Waals surface area contributed by atoms with Crippen molar-refractivity contribution in [3.05, 3.63) is 0 Å². The highest BCUT2D eigenvalue weighted by Crippen LogP contribution is 2.24. The summed E-state index contributed by atoms with van der Waals surface area (Å²) in [6, 6.07) is 0. The number of ether oxygens (including phenoxy) is 1. The Morgan fingerprint density at radius 1 is 1.50 bits per heavy atom. The standard InChI is InChI=1S/C9H19NO2/c1-12-6-5-10-7-8-3-2-4-9(8)11/h8-11H,2-7H2,1H3. The SMILES string of the molecule is COCCNCC1CCCC1O. The molecule has 1 aliphatic carbocycles. The first-order valence-corrected chi connectivity index (χ1v) is 4.72. The van der Waals surface area contributed by atoms with E-state index < -0.39 is 0 Å². The lowest BCUT2D eigenvalue weighted by atomic mass is 10.1. The summed E-state index contributed by atoms with van der Waals surface area (Å²) in [6.45, 7) is 2.58. The maximum absolute atomic E-state index is 9.47. The first kappa shape index (κ1) is 9.96. The molecule has 0 aromatic heterocycles. The van der Waals surface area contributed by atoms with Crippen LogP contribution in [0.3, 0.4) is 0 Å². The summed E-state index contributed by atoms with van der Waals surface area (Å²) in [5.74, 6) is 0.474. The first-order valence-electron chi connectivity index (χ1n) is 4.72. The molecule has 3 nitrogen and oxygen atoms in total. The van der Waals surface area contributed by atoms with Crippen molar-refractivity contribution in [3.8, 4) is 0 Å². The zero-order valence-electron chi connectivity index (χ0n) is 7.75. The van der Waals surface area contributed by atoms with Crippen LogP contribution in [0.5, 0.6) is 0 Å². The van der Waals surface area contributed by atoms with Crippen LogP contribution in [-0.4, -0.2) is 38.0 Å². The monoisotopic (exact) mass is 173 g/mol. The number of hydrogen-bond acceptors (Lipinski definition) is 3. The van der Waals surface area contributed by atoms with Crippen molar-refractivity contribution in [1.82, 2.24) is 5.32 Å². The minimum atomic E-state index is -0.0694. The van der Waals surface area contributed by atoms with E-state index in [0.29, 0.717) is 5.92 Å². The predicted octanol–water partition coefficient (Wildman–Crippen LogP) is 0.383. The maximum atomic E-state index is 9.47. The molecule has 2 atom stereocenters. The summed E-state index contributed by atoms with van der Waals surface area (Å²) < 4.78 is 4.91. The van der Waals surface area contributed by atoms with Crippen molar-refractivity contribution in [2.24, 2.45) is 5.92 Å². The molecule has 0 saturated heterocycles. The molecule has 0 aromatic carbocycles. The van der Waals surface area contributed by atoms with E-state index in [1.807, 2.05) is 0 Å². The van der Waals surface area contributed by atoms with E-state index in [9.17, 15) is 5.11 Å². The summed E-state index contributed by atoms with van der Waals surface area (Å²) in [6.07, 6.45) is 3.26. The molecule has 2 N–H and O–H groups in total. The lowest BCUT2D eigenvalue weighted by Gasteiger charge is -2.14. The highest BCUT2D eigenvalue weighted by molar-refractivity contribution is 4.77. The van der Waals surface area contributed by atoms with Gasteiger partial charge in [0.1, 0.15) is 0 Å². The minimum Gasteiger partial charge on any atom is -0.393 e. The van der Waals surface area contributed by atoms with Crippen LogP contribution in [0.4, 0.5) is 0 Å². The van der Waals surface area contributed by atoms with E-state index in [1.165, 1.54) is 12.8 Å². The highest BCUT2D eigenvalue weighted by Gasteiger charge is 2.24. The summed E-state index contributed by atoms with van der Waals surface area (Å²) in [7, 11) is 1.70. The zero-order valence-corrected chi connectivity index (χ0v) is 7.75. The van der Waals surface area contributed by atoms with Crippen LogP contribution in [-0.2, 0) is 4.74 Å². The molecule has 0 aromatic rings. The van der Waals surface area contributed by atoms with E-state index in [2.05, 4.69) is 5.32 Å². The van der Waals surface area contributed by atoms with Crippen molar-refractivity contribution >= 4 is 0 Å². The Labute approximate surface area is 74.1 Å². The molecular weight excluding hydrogens is 154 g/mol. The zero-order chi connectivity index (χ0) is 8.81. The van der Waals surface area contributed by atoms with Gasteiger partial charge in [-0.05, 0) is 18.8 Å². The average molecular weight is 173 g/mol. The Kier molecular flexibility index (Phi) is 4.58. The maximum Gasteiger partial charge on any atom is 0.0587 e. The molecule has 1 rings (SSSR count). The molecule has 0 bridgehead atoms. The van der Waals surface area contributed by atoms with Crippen molar-refractivity contribution in [1.29, 1.82) is 0 Å². The van der Waals surface area contributed by atoms with E-state index >= 15 is 0 Å². The Morgan fingerprint density at radius 3 is 2.92 bits per heavy atom. The molecule has 0 amide bonds. The molecule has 1 fully saturated rings. The third-order valence-corrected chi connectivity index (χ3v) is 2.51. The molecule has 12 heavy (non-hydrogen) atoms. The second-order valence-corrected chi connectivity index (χ2v) is 3.46. The van der Waals surface area contributed by atoms with Crippen LogP contribution < -0.4 is 5.32 Å². The van der Waals surface area contributed by atoms with Crippen LogP contribution in [0.25, 0.3) is 0 Å². The average Bonchev–Trinajstić information content (AvgIpc) is 2.46. The van der Waals surface area contributed by atoms with E-state index in [1.54, 1.807) is 7.11 Å². The van der Waals surface area contributed by atoms with Gasteiger partial charge in [0.15, 0.2) is 0 Å². The van der Waals surface area contributed by atoms with Gasteiger partial charge in [0.2, 0.25) is 0 Å². The predicted molar refractivity (Wildman–Crippen MR) is 48.1 cm³/mol. The fourth-order valence-corrected chi connectivity index (χ4v) is 1.72. The van der Waals surface area contributed by atoms with Crippen LogP contribution in [0.2, 0.25) is 0 Å². The van der Waals surface area contributed by atoms with Crippen molar-refractivity contribution in [2.45, 2.75) is 25.4 Å². The van der Waals surface area contributed by atoms with Gasteiger partial charge in [0.25, 0.3) is 0 Å². The third-order valence-electron chi connectivity index (χ3n) is 2.51. The Morgan fingerprint density at radius 2 is 2.33 bits per heavy atom. The first-order chi connectivity index (χ1) is 5.84. The number of methoxy groups -OCH3 is 1. The molecule has 1 aliphatic rings. The quantitative estimate of drug-likeness (QED) is 0.591. The smallest absolute Gasteiger partial charge is 0.0587 e. The summed E-state index contributed by atoms with van der Waals surface area (Å²) >= 11 is 0. The molecule has 72 valence electrons. The largest absolute Gasteiger partial charge is 0.393 e. The van der Waals surface area contributed by atoms with E-state index in [0.717, 1.165) is 26.1 Å². The number of rotatable bonds is 5. The van der Waals surface area contributed by atoms with Gasteiger partial charge >= 0.3 is 0 Å². The Hall–Kier alpha value is -0.120. The van der Waals surface area contributed by atoms with Gasteiger partial charge in [0.05, 0.1) is 12.7 Å². The summed E-state index contributed by atoms with van der Waals surface area (Å²) in [5, 5.41) is 12.7. The second kappa shape index (κ2) is 5.51. The molecule has 2 unspecified atom stereocenters. The lowest BCUT2D eigenvalue weighted by Crippen LogP contribution is -2.29. The van der Waals surface area contributed by atoms with E-state index in [4.69, 9.17) is 4.74 Å². The van der Waals surface area contributed by atoms with Crippen molar-refractivity contribution in [2.75, 3.05) is 26.8 Å². The summed E-state index contributed by atoms with van der Waals surface area (Å²) in [4.78, 5) is 0. The van der Waals surface area contributed by atoms with Gasteiger partial charge in [-0.3, -0.25) is 0 Å². The number of aliphatic hydroxyl groups is 1. The summed E-state index contributed by atoms with van der Waals surface area (Å²) in [5.41, 5.74) is 0. The highest BCUT2D eigenvalue weighted by atomic mass is 16.5. The van der Waals surface area contributed by atoms with Crippen LogP contribution in [0.1, 0.15) is 19.3 Å². The van der Waals surface area contributed by atoms with Crippen LogP contribution in [0, 0.1) is 5.92 Å². The third kappa shape index (κ3) is 3.09. The number of aliphatic hydroxyl groups excluding tert-OH is 1. The van der Waals surface area contributed by atoms with Crippen molar-refractivity contribution in [3.63, 3.8) is 0 Å². The topological polar surface area (TPSA) is 41.5 Å². The fourth-order valence-electron chi connectivity index (χ4n) is 1.72. The van der Waals surface area contributed by atoms with Gasteiger partial charge in [-0.25, -0.2) is 0 Å². The molecule has 3 heteroatoms. The molecule has 0 radical (unpaired) electrons. The van der Waals surface area contributed by atoms with E-state index in [-0.39, 0.29) is 6.10 Å². The fraction of sp³-hybridized carbons (Fsp3) is 1.00. The molecule has 1 saturated carbocycles. The van der Waals surface area contributed by atoms with Gasteiger partial charge < -0.3 is 15.2 Å². The molecule has 0 heterocycles. The number of hydrogen-bond donors (Lipinski definition) is 2. The normalized spacial score (nSPS) is 29.5. The molecular formula is C9H19NO2.